The minimum absolute atomic E-state index is 0.0888. The summed E-state index contributed by atoms with van der Waals surface area (Å²) in [5.74, 6) is -0.0888. The maximum atomic E-state index is 13.8. The number of nitrogens with two attached hydrogens (primary N) is 1. The van der Waals surface area contributed by atoms with Crippen LogP contribution in [0.5, 0.6) is 0 Å². The van der Waals surface area contributed by atoms with E-state index in [1.165, 1.54) is 6.07 Å². The average molecular weight is 397 g/mol. The van der Waals surface area contributed by atoms with Gasteiger partial charge in [-0.2, -0.15) is 4.98 Å². The molecule has 0 spiro atoms. The van der Waals surface area contributed by atoms with Gasteiger partial charge in [-0.1, -0.05) is 0 Å². The topological polar surface area (TPSA) is 135 Å². The van der Waals surface area contributed by atoms with E-state index < -0.39 is 56.7 Å². The lowest BCUT2D eigenvalue weighted by molar-refractivity contribution is -0.208. The molecular weight excluding hydrogens is 379 g/mol. The number of phosphoric ester groups is 1. The standard InChI is InChI=1S/C13H18F2N3O7P/c1-6(2)24-26(21)22-5-13(11(14)15)9(25-26)8(19)10(23-13)18-4-3-7(16)17-12(18)20/h3-4,6,8-11,19H,5H2,1-2H3,(H2,16,17,20). The third-order valence-corrected chi connectivity index (χ3v) is 5.56. The molecule has 5 unspecified atom stereocenters. The highest BCUT2D eigenvalue weighted by Crippen LogP contribution is 2.61. The molecule has 0 saturated carbocycles. The third kappa shape index (κ3) is 3.17. The molecule has 0 bridgehead atoms. The number of fused-ring (bicyclic) bond motifs is 1. The number of nitrogens with zero attached hydrogens (tertiary/aromatic N) is 2. The van der Waals surface area contributed by atoms with Crippen LogP contribution in [-0.2, 0) is 22.9 Å². The van der Waals surface area contributed by atoms with Crippen LogP contribution in [0.15, 0.2) is 17.1 Å². The van der Waals surface area contributed by atoms with Gasteiger partial charge in [0.2, 0.25) is 0 Å². The fraction of sp³-hybridized carbons (Fsp3) is 0.692. The zero-order chi connectivity index (χ0) is 19.3. The molecule has 2 saturated heterocycles. The quantitative estimate of drug-likeness (QED) is 0.703. The van der Waals surface area contributed by atoms with E-state index in [0.29, 0.717) is 0 Å². The molecule has 3 N–H and O–H groups in total. The van der Waals surface area contributed by atoms with Crippen molar-refractivity contribution < 1.29 is 36.8 Å². The van der Waals surface area contributed by atoms with Crippen molar-refractivity contribution in [3.05, 3.63) is 22.7 Å². The molecule has 2 aliphatic heterocycles. The van der Waals surface area contributed by atoms with Gasteiger partial charge in [-0.3, -0.25) is 18.1 Å². The zero-order valence-electron chi connectivity index (χ0n) is 13.8. The number of phosphoric acid groups is 1. The highest BCUT2D eigenvalue weighted by Gasteiger charge is 2.67. The summed E-state index contributed by atoms with van der Waals surface area (Å²) in [5, 5.41) is 10.5. The van der Waals surface area contributed by atoms with Gasteiger partial charge in [0, 0.05) is 6.20 Å². The van der Waals surface area contributed by atoms with E-state index in [4.69, 9.17) is 24.0 Å². The summed E-state index contributed by atoms with van der Waals surface area (Å²) >= 11 is 0. The highest BCUT2D eigenvalue weighted by molar-refractivity contribution is 7.48. The Kier molecular flexibility index (Phi) is 4.93. The van der Waals surface area contributed by atoms with Crippen LogP contribution in [-0.4, -0.2) is 51.6 Å². The molecule has 0 radical (unpaired) electrons. The zero-order valence-corrected chi connectivity index (χ0v) is 14.7. The number of nitrogen functional groups attached to an aromatic ring is 1. The van der Waals surface area contributed by atoms with Crippen LogP contribution in [0.4, 0.5) is 14.6 Å². The smallest absolute Gasteiger partial charge is 0.386 e. The molecule has 0 aromatic carbocycles. The van der Waals surface area contributed by atoms with E-state index in [0.717, 1.165) is 10.8 Å². The minimum Gasteiger partial charge on any atom is -0.386 e. The fourth-order valence-corrected chi connectivity index (χ4v) is 4.44. The molecule has 2 aliphatic rings. The van der Waals surface area contributed by atoms with E-state index in [-0.39, 0.29) is 5.82 Å². The SMILES string of the molecule is CC(C)OP1(=O)OCC2(C(F)F)OC(n3ccc(N)nc3=O)C(O)C2O1. The van der Waals surface area contributed by atoms with Crippen molar-refractivity contribution in [2.75, 3.05) is 12.3 Å². The van der Waals surface area contributed by atoms with Crippen molar-refractivity contribution in [3.8, 4) is 0 Å². The summed E-state index contributed by atoms with van der Waals surface area (Å²) < 4.78 is 61.1. The molecule has 3 heterocycles. The predicted molar refractivity (Wildman–Crippen MR) is 82.4 cm³/mol. The second-order valence-corrected chi connectivity index (χ2v) is 7.77. The van der Waals surface area contributed by atoms with E-state index >= 15 is 0 Å². The van der Waals surface area contributed by atoms with E-state index in [2.05, 4.69) is 4.98 Å². The Hall–Kier alpha value is -1.43. The molecule has 3 rings (SSSR count). The van der Waals surface area contributed by atoms with Crippen molar-refractivity contribution in [2.24, 2.45) is 0 Å². The highest BCUT2D eigenvalue weighted by atomic mass is 31.2. The molecule has 1 aromatic heterocycles. The Labute approximate surface area is 146 Å². The largest absolute Gasteiger partial charge is 0.475 e. The number of aromatic nitrogens is 2. The van der Waals surface area contributed by atoms with Crippen molar-refractivity contribution >= 4 is 13.6 Å². The summed E-state index contributed by atoms with van der Waals surface area (Å²) in [4.78, 5) is 15.4. The number of rotatable bonds is 4. The molecule has 0 amide bonds. The molecule has 0 aliphatic carbocycles. The van der Waals surface area contributed by atoms with E-state index in [1.54, 1.807) is 13.8 Å². The van der Waals surface area contributed by atoms with Gasteiger partial charge in [0.15, 0.2) is 11.8 Å². The molecule has 10 nitrogen and oxygen atoms in total. The summed E-state index contributed by atoms with van der Waals surface area (Å²) in [6, 6.07) is 1.23. The van der Waals surface area contributed by atoms with Gasteiger partial charge >= 0.3 is 13.5 Å². The summed E-state index contributed by atoms with van der Waals surface area (Å²) in [5.41, 5.74) is 2.04. The number of alkyl halides is 2. The first-order chi connectivity index (χ1) is 12.1. The maximum Gasteiger partial charge on any atom is 0.475 e. The molecule has 2 fully saturated rings. The Morgan fingerprint density at radius 1 is 1.54 bits per heavy atom. The van der Waals surface area contributed by atoms with Crippen LogP contribution in [0.1, 0.15) is 20.1 Å². The van der Waals surface area contributed by atoms with Crippen LogP contribution >= 0.6 is 7.82 Å². The van der Waals surface area contributed by atoms with E-state index in [1.807, 2.05) is 0 Å². The molecule has 146 valence electrons. The molecule has 13 heteroatoms. The number of aliphatic hydroxyl groups excluding tert-OH is 1. The predicted octanol–water partition coefficient (Wildman–Crippen LogP) is 0.668. The van der Waals surface area contributed by atoms with Crippen LogP contribution in [0.3, 0.4) is 0 Å². The molecule has 26 heavy (non-hydrogen) atoms. The lowest BCUT2D eigenvalue weighted by atomic mass is 9.96. The van der Waals surface area contributed by atoms with Gasteiger partial charge in [0.1, 0.15) is 18.0 Å². The average Bonchev–Trinajstić information content (AvgIpc) is 2.80. The van der Waals surface area contributed by atoms with Gasteiger partial charge in [-0.15, -0.1) is 0 Å². The lowest BCUT2D eigenvalue weighted by Crippen LogP contribution is -2.56. The first-order valence-electron chi connectivity index (χ1n) is 7.68. The first-order valence-corrected chi connectivity index (χ1v) is 9.14. The lowest BCUT2D eigenvalue weighted by Gasteiger charge is -2.39. The number of aliphatic hydroxyl groups is 1. The van der Waals surface area contributed by atoms with Crippen molar-refractivity contribution in [2.45, 2.75) is 50.4 Å². The number of ether oxygens (including phenoxy) is 1. The van der Waals surface area contributed by atoms with E-state index in [9.17, 15) is 23.2 Å². The first kappa shape index (κ1) is 19.3. The van der Waals surface area contributed by atoms with Gasteiger partial charge in [-0.25, -0.2) is 18.1 Å². The Bertz CT molecular complexity index is 791. The van der Waals surface area contributed by atoms with Gasteiger partial charge in [0.25, 0.3) is 6.43 Å². The molecular formula is C13H18F2N3O7P. The van der Waals surface area contributed by atoms with Crippen molar-refractivity contribution in [3.63, 3.8) is 0 Å². The number of halogens is 2. The molecule has 5 atom stereocenters. The van der Waals surface area contributed by atoms with Crippen molar-refractivity contribution in [1.82, 2.24) is 9.55 Å². The number of hydrogen-bond acceptors (Lipinski definition) is 9. The fourth-order valence-electron chi connectivity index (χ4n) is 2.81. The minimum atomic E-state index is -4.19. The van der Waals surface area contributed by atoms with Crippen LogP contribution in [0.2, 0.25) is 0 Å². The second-order valence-electron chi connectivity index (χ2n) is 6.20. The van der Waals surface area contributed by atoms with Crippen LogP contribution in [0, 0.1) is 0 Å². The van der Waals surface area contributed by atoms with Crippen molar-refractivity contribution in [1.29, 1.82) is 0 Å². The maximum absolute atomic E-state index is 13.8. The Morgan fingerprint density at radius 2 is 2.23 bits per heavy atom. The number of anilines is 1. The summed E-state index contributed by atoms with van der Waals surface area (Å²) in [7, 11) is -4.19. The summed E-state index contributed by atoms with van der Waals surface area (Å²) in [6.07, 6.45) is -7.70. The van der Waals surface area contributed by atoms with Gasteiger partial charge < -0.3 is 15.6 Å². The third-order valence-electron chi connectivity index (χ3n) is 3.95. The van der Waals surface area contributed by atoms with Gasteiger partial charge in [-0.05, 0) is 19.9 Å². The normalized spacial score (nSPS) is 37.3. The van der Waals surface area contributed by atoms with Crippen LogP contribution in [0.25, 0.3) is 0 Å². The Balaban J connectivity index is 1.97. The van der Waals surface area contributed by atoms with Gasteiger partial charge in [0.05, 0.1) is 12.7 Å². The molecule has 1 aromatic rings. The van der Waals surface area contributed by atoms with Crippen LogP contribution < -0.4 is 11.4 Å². The monoisotopic (exact) mass is 397 g/mol. The Morgan fingerprint density at radius 3 is 2.81 bits per heavy atom. The second kappa shape index (κ2) is 6.63. The summed E-state index contributed by atoms with van der Waals surface area (Å²) in [6.45, 7) is 2.24. The number of hydrogen-bond donors (Lipinski definition) is 2.